The van der Waals surface area contributed by atoms with Crippen LogP contribution in [0.2, 0.25) is 0 Å². The number of hydrogen-bond donors (Lipinski definition) is 0. The van der Waals surface area contributed by atoms with Gasteiger partial charge >= 0.3 is 0 Å². The van der Waals surface area contributed by atoms with Gasteiger partial charge in [-0.1, -0.05) is 181 Å². The predicted octanol–water partition coefficient (Wildman–Crippen LogP) is 16.2. The van der Waals surface area contributed by atoms with Gasteiger partial charge in [0.25, 0.3) is 0 Å². The second-order valence-corrected chi connectivity index (χ2v) is 18.3. The Bertz CT molecular complexity index is 3030. The van der Waals surface area contributed by atoms with Gasteiger partial charge in [-0.2, -0.15) is 0 Å². The third-order valence-corrected chi connectivity index (χ3v) is 14.8. The third kappa shape index (κ3) is 5.05. The highest BCUT2D eigenvalue weighted by molar-refractivity contribution is 5.99. The Morgan fingerprint density at radius 1 is 0.350 bits per heavy atom. The van der Waals surface area contributed by atoms with Crippen LogP contribution in [0.3, 0.4) is 0 Å². The molecule has 0 spiro atoms. The molecule has 3 aliphatic rings. The van der Waals surface area contributed by atoms with Gasteiger partial charge in [0.05, 0.1) is 5.69 Å². The first-order valence-electron chi connectivity index (χ1n) is 21.9. The minimum Gasteiger partial charge on any atom is -0.310 e. The Morgan fingerprint density at radius 2 is 0.850 bits per heavy atom. The fourth-order valence-corrected chi connectivity index (χ4v) is 11.6. The Hall–Kier alpha value is -6.44. The van der Waals surface area contributed by atoms with Crippen LogP contribution in [0.4, 0.5) is 17.1 Å². The summed E-state index contributed by atoms with van der Waals surface area (Å²) in [5.74, 6) is 0. The first-order valence-corrected chi connectivity index (χ1v) is 21.9. The van der Waals surface area contributed by atoms with Crippen LogP contribution in [0.25, 0.3) is 55.6 Å². The van der Waals surface area contributed by atoms with Gasteiger partial charge in [0.15, 0.2) is 0 Å². The van der Waals surface area contributed by atoms with E-state index in [1.165, 1.54) is 100 Å². The van der Waals surface area contributed by atoms with Crippen molar-refractivity contribution >= 4 is 17.1 Å². The van der Waals surface area contributed by atoms with Crippen LogP contribution in [0.1, 0.15) is 87.8 Å². The molecular formula is C59H51N. The largest absolute Gasteiger partial charge is 0.310 e. The molecule has 0 amide bonds. The summed E-state index contributed by atoms with van der Waals surface area (Å²) in [5, 5.41) is 0. The van der Waals surface area contributed by atoms with Crippen LogP contribution in [-0.4, -0.2) is 0 Å². The molecule has 0 atom stereocenters. The van der Waals surface area contributed by atoms with E-state index < -0.39 is 0 Å². The van der Waals surface area contributed by atoms with Gasteiger partial charge in [0.1, 0.15) is 0 Å². The lowest BCUT2D eigenvalue weighted by molar-refractivity contribution is 0.490. The summed E-state index contributed by atoms with van der Waals surface area (Å²) in [6.45, 7) is 14.2. The fraction of sp³-hybridized carbons (Fsp3) is 0.186. The standard InChI is InChI=1S/C59H51N/c1-7-59(8-2)51-28-15-10-22-43(51)45-34-32-41(37-54(45)59)60(40-20-17-19-38(35-40)39-31-33-44-42-21-9-13-26-49(42)58(5,6)53(44)36-39)55-30-16-12-23-46(55)47-25-18-29-52-56(47)48-24-11-14-27-50(48)57(52,3)4/h9-37H,7-8H2,1-6H3. The molecule has 0 radical (unpaired) electrons. The van der Waals surface area contributed by atoms with E-state index in [0.717, 1.165) is 18.5 Å². The maximum atomic E-state index is 2.54. The number of hydrogen-bond acceptors (Lipinski definition) is 1. The molecule has 292 valence electrons. The van der Waals surface area contributed by atoms with Gasteiger partial charge < -0.3 is 4.90 Å². The monoisotopic (exact) mass is 773 g/mol. The van der Waals surface area contributed by atoms with Crippen molar-refractivity contribution in [1.82, 2.24) is 0 Å². The zero-order valence-corrected chi connectivity index (χ0v) is 35.6. The fourth-order valence-electron chi connectivity index (χ4n) is 11.6. The Balaban J connectivity index is 1.13. The van der Waals surface area contributed by atoms with E-state index in [4.69, 9.17) is 0 Å². The first-order chi connectivity index (χ1) is 29.2. The zero-order valence-electron chi connectivity index (χ0n) is 35.6. The molecule has 0 saturated carbocycles. The second kappa shape index (κ2) is 13.3. The molecular weight excluding hydrogens is 723 g/mol. The van der Waals surface area contributed by atoms with Crippen molar-refractivity contribution in [3.8, 4) is 55.6 Å². The lowest BCUT2D eigenvalue weighted by Crippen LogP contribution is -2.23. The van der Waals surface area contributed by atoms with Gasteiger partial charge in [0.2, 0.25) is 0 Å². The number of anilines is 3. The molecule has 0 saturated heterocycles. The average molecular weight is 774 g/mol. The molecule has 1 nitrogen and oxygen atoms in total. The Kier molecular flexibility index (Phi) is 8.11. The maximum absolute atomic E-state index is 2.54. The van der Waals surface area contributed by atoms with E-state index >= 15 is 0 Å². The van der Waals surface area contributed by atoms with E-state index in [-0.39, 0.29) is 16.2 Å². The summed E-state index contributed by atoms with van der Waals surface area (Å²) in [6, 6.07) is 66.7. The second-order valence-electron chi connectivity index (χ2n) is 18.3. The van der Waals surface area contributed by atoms with E-state index in [9.17, 15) is 0 Å². The minimum atomic E-state index is -0.0880. The summed E-state index contributed by atoms with van der Waals surface area (Å²) in [4.78, 5) is 2.54. The molecule has 0 heterocycles. The molecule has 0 bridgehead atoms. The summed E-state index contributed by atoms with van der Waals surface area (Å²) in [7, 11) is 0. The molecule has 1 heteroatoms. The average Bonchev–Trinajstić information content (AvgIpc) is 3.81. The van der Waals surface area contributed by atoms with Crippen LogP contribution >= 0.6 is 0 Å². The number of fused-ring (bicyclic) bond motifs is 9. The molecule has 3 aliphatic carbocycles. The van der Waals surface area contributed by atoms with Gasteiger partial charge in [-0.3, -0.25) is 0 Å². The maximum Gasteiger partial charge on any atom is 0.0540 e. The van der Waals surface area contributed by atoms with Crippen LogP contribution < -0.4 is 4.90 Å². The Labute approximate surface area is 356 Å². The highest BCUT2D eigenvalue weighted by atomic mass is 15.1. The quantitative estimate of drug-likeness (QED) is 0.156. The molecule has 0 fully saturated rings. The smallest absolute Gasteiger partial charge is 0.0540 e. The van der Waals surface area contributed by atoms with Crippen LogP contribution in [0.15, 0.2) is 176 Å². The van der Waals surface area contributed by atoms with Crippen molar-refractivity contribution in [2.75, 3.05) is 4.90 Å². The number of nitrogens with zero attached hydrogens (tertiary/aromatic N) is 1. The number of para-hydroxylation sites is 1. The van der Waals surface area contributed by atoms with Crippen LogP contribution in [0, 0.1) is 0 Å². The lowest BCUT2D eigenvalue weighted by Gasteiger charge is -2.32. The summed E-state index contributed by atoms with van der Waals surface area (Å²) >= 11 is 0. The van der Waals surface area contributed by atoms with Gasteiger partial charge in [-0.25, -0.2) is 0 Å². The van der Waals surface area contributed by atoms with Gasteiger partial charge in [-0.05, 0) is 133 Å². The van der Waals surface area contributed by atoms with E-state index in [2.05, 4.69) is 222 Å². The normalized spacial score (nSPS) is 15.4. The van der Waals surface area contributed by atoms with Crippen molar-refractivity contribution in [1.29, 1.82) is 0 Å². The van der Waals surface area contributed by atoms with E-state index in [1.54, 1.807) is 0 Å². The van der Waals surface area contributed by atoms with Crippen molar-refractivity contribution < 1.29 is 0 Å². The van der Waals surface area contributed by atoms with Gasteiger partial charge in [0, 0.05) is 33.2 Å². The molecule has 0 aliphatic heterocycles. The van der Waals surface area contributed by atoms with Crippen molar-refractivity contribution in [3.63, 3.8) is 0 Å². The highest BCUT2D eigenvalue weighted by Gasteiger charge is 2.41. The lowest BCUT2D eigenvalue weighted by atomic mass is 9.74. The third-order valence-electron chi connectivity index (χ3n) is 14.8. The predicted molar refractivity (Wildman–Crippen MR) is 254 cm³/mol. The highest BCUT2D eigenvalue weighted by Crippen LogP contribution is 2.57. The summed E-state index contributed by atoms with van der Waals surface area (Å²) in [6.07, 6.45) is 2.10. The summed E-state index contributed by atoms with van der Waals surface area (Å²) < 4.78 is 0. The molecule has 11 rings (SSSR count). The van der Waals surface area contributed by atoms with E-state index in [0.29, 0.717) is 0 Å². The number of benzene rings is 8. The minimum absolute atomic E-state index is 0.0423. The first kappa shape index (κ1) is 36.6. The summed E-state index contributed by atoms with van der Waals surface area (Å²) in [5.41, 5.74) is 24.8. The zero-order chi connectivity index (χ0) is 41.0. The van der Waals surface area contributed by atoms with Crippen molar-refractivity contribution in [2.24, 2.45) is 0 Å². The molecule has 0 aromatic heterocycles. The topological polar surface area (TPSA) is 3.24 Å². The molecule has 0 unspecified atom stereocenters. The van der Waals surface area contributed by atoms with Crippen LogP contribution in [-0.2, 0) is 16.2 Å². The van der Waals surface area contributed by atoms with Gasteiger partial charge in [-0.15, -0.1) is 0 Å². The molecule has 0 N–H and O–H groups in total. The molecule has 8 aromatic rings. The van der Waals surface area contributed by atoms with E-state index in [1.807, 2.05) is 0 Å². The number of rotatable bonds is 7. The Morgan fingerprint density at radius 3 is 1.60 bits per heavy atom. The SMILES string of the molecule is CCC1(CC)c2ccccc2-c2ccc(N(c3cccc(-c4ccc5c(c4)C(C)(C)c4ccccc4-5)c3)c3ccccc3-c3cccc4c3-c3ccccc3C4(C)C)cc21. The van der Waals surface area contributed by atoms with Crippen LogP contribution in [0.5, 0.6) is 0 Å². The molecule has 8 aromatic carbocycles. The van der Waals surface area contributed by atoms with Crippen molar-refractivity contribution in [2.45, 2.75) is 70.6 Å². The molecule has 60 heavy (non-hydrogen) atoms. The van der Waals surface area contributed by atoms with Crippen molar-refractivity contribution in [3.05, 3.63) is 209 Å².